The monoisotopic (exact) mass is 308 g/mol. The van der Waals surface area contributed by atoms with E-state index >= 15 is 0 Å². The fourth-order valence-corrected chi connectivity index (χ4v) is 2.61. The van der Waals surface area contributed by atoms with Gasteiger partial charge in [-0.3, -0.25) is 0 Å². The molecule has 3 aromatic rings. The Kier molecular flexibility index (Phi) is 3.90. The number of benzene rings is 2. The van der Waals surface area contributed by atoms with Crippen LogP contribution in [0.15, 0.2) is 67.3 Å². The van der Waals surface area contributed by atoms with Gasteiger partial charge in [-0.1, -0.05) is 54.1 Å². The summed E-state index contributed by atoms with van der Waals surface area (Å²) in [7, 11) is 0. The number of rotatable bonds is 4. The Labute approximate surface area is 133 Å². The van der Waals surface area contributed by atoms with Gasteiger partial charge in [0.2, 0.25) is 0 Å². The largest absolute Gasteiger partial charge is 0.228 e. The Morgan fingerprint density at radius 1 is 1.09 bits per heavy atom. The first-order valence-electron chi connectivity index (χ1n) is 6.81. The molecule has 1 aromatic heterocycles. The van der Waals surface area contributed by atoms with Crippen molar-refractivity contribution in [3.05, 3.63) is 83.4 Å². The summed E-state index contributed by atoms with van der Waals surface area (Å²) in [5.74, 6) is 0. The molecule has 0 amide bonds. The third kappa shape index (κ3) is 2.59. The van der Waals surface area contributed by atoms with E-state index in [0.717, 1.165) is 11.1 Å². The van der Waals surface area contributed by atoms with Crippen molar-refractivity contribution in [2.24, 2.45) is 0 Å². The number of hydrogen-bond acceptors (Lipinski definition) is 3. The van der Waals surface area contributed by atoms with Crippen molar-refractivity contribution in [2.45, 2.75) is 12.0 Å². The van der Waals surface area contributed by atoms with Crippen molar-refractivity contribution < 1.29 is 0 Å². The van der Waals surface area contributed by atoms with Crippen LogP contribution in [0.5, 0.6) is 0 Å². The first-order chi connectivity index (χ1) is 10.7. The number of hydrogen-bond donors (Lipinski definition) is 0. The third-order valence-electron chi connectivity index (χ3n) is 3.62. The first-order valence-corrected chi connectivity index (χ1v) is 7.19. The van der Waals surface area contributed by atoms with Gasteiger partial charge >= 0.3 is 0 Å². The van der Waals surface area contributed by atoms with Gasteiger partial charge in [-0.15, -0.1) is 0 Å². The Hall–Kier alpha value is -2.64. The summed E-state index contributed by atoms with van der Waals surface area (Å²) in [6, 6.07) is 19.5. The Bertz CT molecular complexity index is 776. The Morgan fingerprint density at radius 2 is 1.82 bits per heavy atom. The molecular weight excluding hydrogens is 296 g/mol. The lowest BCUT2D eigenvalue weighted by Gasteiger charge is -2.27. The second-order valence-electron chi connectivity index (χ2n) is 4.98. The molecule has 0 fully saturated rings. The van der Waals surface area contributed by atoms with Crippen molar-refractivity contribution in [2.75, 3.05) is 0 Å². The van der Waals surface area contributed by atoms with E-state index in [-0.39, 0.29) is 0 Å². The van der Waals surface area contributed by atoms with Crippen LogP contribution in [0.4, 0.5) is 0 Å². The quantitative estimate of drug-likeness (QED) is 0.742. The lowest BCUT2D eigenvalue weighted by molar-refractivity contribution is 0.410. The molecule has 0 aliphatic heterocycles. The maximum Gasteiger partial charge on any atom is 0.179 e. The van der Waals surface area contributed by atoms with Crippen LogP contribution in [0.2, 0.25) is 5.02 Å². The Morgan fingerprint density at radius 3 is 2.41 bits per heavy atom. The molecule has 1 atom stereocenters. The van der Waals surface area contributed by atoms with Crippen LogP contribution >= 0.6 is 11.6 Å². The van der Waals surface area contributed by atoms with Crippen molar-refractivity contribution >= 4 is 11.6 Å². The predicted octanol–water partition coefficient (Wildman–Crippen LogP) is 3.44. The summed E-state index contributed by atoms with van der Waals surface area (Å²) in [6.45, 7) is 0. The summed E-state index contributed by atoms with van der Waals surface area (Å²) in [6.07, 6.45) is 3.50. The van der Waals surface area contributed by atoms with Gasteiger partial charge < -0.3 is 0 Å². The number of nitriles is 1. The molecule has 3 rings (SSSR count). The number of aromatic nitrogens is 3. The molecule has 2 aromatic carbocycles. The van der Waals surface area contributed by atoms with E-state index in [1.54, 1.807) is 11.0 Å². The highest BCUT2D eigenvalue weighted by Gasteiger charge is 2.35. The summed E-state index contributed by atoms with van der Waals surface area (Å²) < 4.78 is 1.61. The third-order valence-corrected chi connectivity index (χ3v) is 3.87. The van der Waals surface area contributed by atoms with E-state index < -0.39 is 5.54 Å². The molecule has 0 saturated carbocycles. The Balaban J connectivity index is 2.11. The van der Waals surface area contributed by atoms with Gasteiger partial charge in [0.1, 0.15) is 12.7 Å². The summed E-state index contributed by atoms with van der Waals surface area (Å²) >= 11 is 5.94. The summed E-state index contributed by atoms with van der Waals surface area (Å²) in [5, 5.41) is 14.8. The average Bonchev–Trinajstić information content (AvgIpc) is 3.10. The summed E-state index contributed by atoms with van der Waals surface area (Å²) in [5.41, 5.74) is 0.939. The van der Waals surface area contributed by atoms with Crippen molar-refractivity contribution in [3.63, 3.8) is 0 Å². The number of nitrogens with zero attached hydrogens (tertiary/aromatic N) is 4. The smallest absolute Gasteiger partial charge is 0.179 e. The minimum atomic E-state index is -0.939. The molecular formula is C17H13ClN4. The molecule has 0 aliphatic rings. The molecule has 0 saturated heterocycles. The van der Waals surface area contributed by atoms with Gasteiger partial charge in [-0.2, -0.15) is 10.4 Å². The molecule has 108 valence electrons. The van der Waals surface area contributed by atoms with E-state index in [2.05, 4.69) is 16.2 Å². The molecule has 0 aliphatic carbocycles. The van der Waals surface area contributed by atoms with Gasteiger partial charge in [0, 0.05) is 11.4 Å². The van der Waals surface area contributed by atoms with Crippen LogP contribution in [0.1, 0.15) is 11.1 Å². The van der Waals surface area contributed by atoms with Gasteiger partial charge in [0.15, 0.2) is 5.54 Å². The van der Waals surface area contributed by atoms with Crippen LogP contribution in [-0.2, 0) is 12.0 Å². The zero-order chi connectivity index (χ0) is 15.4. The zero-order valence-electron chi connectivity index (χ0n) is 11.7. The highest BCUT2D eigenvalue weighted by molar-refractivity contribution is 6.30. The van der Waals surface area contributed by atoms with E-state index in [9.17, 15) is 5.26 Å². The van der Waals surface area contributed by atoms with E-state index in [1.807, 2.05) is 54.6 Å². The van der Waals surface area contributed by atoms with E-state index in [0.29, 0.717) is 11.4 Å². The first kappa shape index (κ1) is 14.3. The minimum Gasteiger partial charge on any atom is -0.228 e. The molecule has 4 nitrogen and oxygen atoms in total. The topological polar surface area (TPSA) is 54.5 Å². The second kappa shape index (κ2) is 6.00. The maximum atomic E-state index is 9.95. The maximum absolute atomic E-state index is 9.95. The summed E-state index contributed by atoms with van der Waals surface area (Å²) in [4.78, 5) is 4.00. The molecule has 0 radical (unpaired) electrons. The zero-order valence-corrected chi connectivity index (χ0v) is 12.5. The van der Waals surface area contributed by atoms with Crippen LogP contribution in [0.3, 0.4) is 0 Å². The van der Waals surface area contributed by atoms with Gasteiger partial charge in [0.05, 0.1) is 6.07 Å². The van der Waals surface area contributed by atoms with E-state index in [1.165, 1.54) is 6.33 Å². The van der Waals surface area contributed by atoms with Crippen LogP contribution in [0, 0.1) is 11.3 Å². The minimum absolute atomic E-state index is 0.480. The SMILES string of the molecule is N#CC(Cc1ccc(Cl)cc1)(c1ccccc1)n1cncn1. The normalized spacial score (nSPS) is 13.3. The molecule has 1 unspecified atom stereocenters. The molecule has 0 bridgehead atoms. The van der Waals surface area contributed by atoms with Crippen LogP contribution < -0.4 is 0 Å². The number of halogens is 1. The standard InChI is InChI=1S/C17H13ClN4/c18-16-8-6-14(7-9-16)10-17(11-19,22-13-20-12-21-22)15-4-2-1-3-5-15/h1-9,12-13H,10H2. The van der Waals surface area contributed by atoms with Gasteiger partial charge in [-0.25, -0.2) is 9.67 Å². The fraction of sp³-hybridized carbons (Fsp3) is 0.118. The predicted molar refractivity (Wildman–Crippen MR) is 84.3 cm³/mol. The highest BCUT2D eigenvalue weighted by Crippen LogP contribution is 2.29. The molecule has 22 heavy (non-hydrogen) atoms. The molecule has 1 heterocycles. The average molecular weight is 309 g/mol. The molecule has 0 N–H and O–H groups in total. The van der Waals surface area contributed by atoms with Gasteiger partial charge in [-0.05, 0) is 23.3 Å². The lowest BCUT2D eigenvalue weighted by atomic mass is 9.85. The molecule has 5 heteroatoms. The van der Waals surface area contributed by atoms with Crippen LogP contribution in [-0.4, -0.2) is 14.8 Å². The van der Waals surface area contributed by atoms with Gasteiger partial charge in [0.25, 0.3) is 0 Å². The second-order valence-corrected chi connectivity index (χ2v) is 5.42. The fourth-order valence-electron chi connectivity index (χ4n) is 2.49. The van der Waals surface area contributed by atoms with Crippen molar-refractivity contribution in [1.29, 1.82) is 5.26 Å². The van der Waals surface area contributed by atoms with Crippen molar-refractivity contribution in [1.82, 2.24) is 14.8 Å². The van der Waals surface area contributed by atoms with Crippen molar-refractivity contribution in [3.8, 4) is 6.07 Å². The highest BCUT2D eigenvalue weighted by atomic mass is 35.5. The molecule has 0 spiro atoms. The lowest BCUT2D eigenvalue weighted by Crippen LogP contribution is -2.36. The van der Waals surface area contributed by atoms with E-state index in [4.69, 9.17) is 11.6 Å². The van der Waals surface area contributed by atoms with Crippen LogP contribution in [0.25, 0.3) is 0 Å².